The van der Waals surface area contributed by atoms with Crippen molar-refractivity contribution in [2.75, 3.05) is 5.73 Å². The van der Waals surface area contributed by atoms with Crippen LogP contribution >= 0.6 is 0 Å². The minimum atomic E-state index is -0.554. The number of nitrogens with zero attached hydrogens (tertiary/aromatic N) is 5. The second kappa shape index (κ2) is 10.9. The Kier molecular flexibility index (Phi) is 7.44. The van der Waals surface area contributed by atoms with Gasteiger partial charge in [0.25, 0.3) is 5.91 Å². The lowest BCUT2D eigenvalue weighted by molar-refractivity contribution is -0.117. The Morgan fingerprint density at radius 1 is 1.19 bits per heavy atom. The molecule has 188 valence electrons. The van der Waals surface area contributed by atoms with E-state index in [-0.39, 0.29) is 35.1 Å². The predicted octanol–water partition coefficient (Wildman–Crippen LogP) is 4.62. The highest BCUT2D eigenvalue weighted by Gasteiger charge is 2.22. The van der Waals surface area contributed by atoms with E-state index >= 15 is 4.39 Å². The molecule has 2 heterocycles. The van der Waals surface area contributed by atoms with Gasteiger partial charge in [-0.1, -0.05) is 38.1 Å². The van der Waals surface area contributed by atoms with Gasteiger partial charge in [0.15, 0.2) is 5.65 Å². The van der Waals surface area contributed by atoms with E-state index in [1.807, 2.05) is 38.1 Å². The number of benzene rings is 2. The molecule has 2 aromatic carbocycles. The van der Waals surface area contributed by atoms with Gasteiger partial charge in [0.1, 0.15) is 46.8 Å². The maximum Gasteiger partial charge on any atom is 0.261 e. The average Bonchev–Trinajstić information content (AvgIpc) is 3.22. The Morgan fingerprint density at radius 3 is 2.62 bits per heavy atom. The van der Waals surface area contributed by atoms with Crippen molar-refractivity contribution in [2.45, 2.75) is 33.4 Å². The smallest absolute Gasteiger partial charge is 0.261 e. The molecule has 3 N–H and O–H groups in total. The van der Waals surface area contributed by atoms with E-state index in [4.69, 9.17) is 10.5 Å². The minimum absolute atomic E-state index is 0.0410. The fourth-order valence-corrected chi connectivity index (χ4v) is 3.83. The summed E-state index contributed by atoms with van der Waals surface area (Å²) in [5, 5.41) is 17.1. The van der Waals surface area contributed by atoms with Crippen molar-refractivity contribution in [3.8, 4) is 28.8 Å². The number of amides is 1. The van der Waals surface area contributed by atoms with E-state index in [1.54, 1.807) is 41.9 Å². The zero-order valence-corrected chi connectivity index (χ0v) is 20.6. The molecule has 0 saturated heterocycles. The number of nitrogen functional groups attached to an aromatic ring is 1. The number of para-hydroxylation sites is 1. The van der Waals surface area contributed by atoms with Crippen LogP contribution in [0.1, 0.15) is 20.8 Å². The fourth-order valence-electron chi connectivity index (χ4n) is 3.83. The Labute approximate surface area is 213 Å². The minimum Gasteiger partial charge on any atom is -0.457 e. The number of anilines is 1. The topological polar surface area (TPSA) is 132 Å². The molecule has 4 aromatic rings. The van der Waals surface area contributed by atoms with Crippen molar-refractivity contribution in [3.05, 3.63) is 72.3 Å². The number of hydrogen-bond donors (Lipinski definition) is 2. The number of rotatable bonds is 8. The highest BCUT2D eigenvalue weighted by Crippen LogP contribution is 2.34. The van der Waals surface area contributed by atoms with Crippen LogP contribution in [0, 0.1) is 23.1 Å². The SMILES string of the molecule is CC(C)C=C(C#N)C(=O)NC(C)Cn1nc(-c2ccc(Oc3ccccc3)cc2F)c2c(N)ncnc21. The predicted molar refractivity (Wildman–Crippen MR) is 138 cm³/mol. The quantitative estimate of drug-likeness (QED) is 0.267. The Balaban J connectivity index is 1.64. The fraction of sp³-hybridized carbons (Fsp3) is 0.222. The normalized spacial score (nSPS) is 12.4. The van der Waals surface area contributed by atoms with Gasteiger partial charge in [0, 0.05) is 17.7 Å². The second-order valence-electron chi connectivity index (χ2n) is 8.86. The van der Waals surface area contributed by atoms with Crippen LogP contribution in [0.2, 0.25) is 0 Å². The molecule has 2 aromatic heterocycles. The molecule has 1 unspecified atom stereocenters. The van der Waals surface area contributed by atoms with E-state index in [0.29, 0.717) is 22.5 Å². The third kappa shape index (κ3) is 5.73. The molecule has 10 heteroatoms. The van der Waals surface area contributed by atoms with Crippen LogP contribution in [0.5, 0.6) is 11.5 Å². The monoisotopic (exact) mass is 499 g/mol. The Bertz CT molecular complexity index is 1510. The number of halogens is 1. The number of carbonyl (C=O) groups excluding carboxylic acids is 1. The van der Waals surface area contributed by atoms with Gasteiger partial charge in [0.2, 0.25) is 0 Å². The molecule has 0 aliphatic heterocycles. The number of carbonyl (C=O) groups is 1. The summed E-state index contributed by atoms with van der Waals surface area (Å²) >= 11 is 0. The van der Waals surface area contributed by atoms with Crippen LogP contribution in [0.4, 0.5) is 10.2 Å². The van der Waals surface area contributed by atoms with Crippen molar-refractivity contribution in [1.82, 2.24) is 25.1 Å². The lowest BCUT2D eigenvalue weighted by Crippen LogP contribution is -2.36. The van der Waals surface area contributed by atoms with Crippen LogP contribution in [0.15, 0.2) is 66.5 Å². The van der Waals surface area contributed by atoms with Crippen molar-refractivity contribution in [1.29, 1.82) is 5.26 Å². The molecule has 0 fully saturated rings. The molecule has 9 nitrogen and oxygen atoms in total. The first kappa shape index (κ1) is 25.3. The molecule has 1 atom stereocenters. The summed E-state index contributed by atoms with van der Waals surface area (Å²) in [6.45, 7) is 5.75. The van der Waals surface area contributed by atoms with Gasteiger partial charge < -0.3 is 15.8 Å². The Hall–Kier alpha value is -4.78. The third-order valence-corrected chi connectivity index (χ3v) is 5.42. The molecular formula is C27H26FN7O2. The number of hydrogen-bond acceptors (Lipinski definition) is 7. The van der Waals surface area contributed by atoms with Gasteiger partial charge in [-0.05, 0) is 37.1 Å². The van der Waals surface area contributed by atoms with Crippen LogP contribution in [-0.2, 0) is 11.3 Å². The van der Waals surface area contributed by atoms with E-state index in [1.165, 1.54) is 12.4 Å². The maximum absolute atomic E-state index is 15.3. The van der Waals surface area contributed by atoms with Crippen LogP contribution in [-0.4, -0.2) is 31.7 Å². The van der Waals surface area contributed by atoms with Gasteiger partial charge in [-0.15, -0.1) is 0 Å². The van der Waals surface area contributed by atoms with Gasteiger partial charge >= 0.3 is 0 Å². The average molecular weight is 500 g/mol. The summed E-state index contributed by atoms with van der Waals surface area (Å²) in [6.07, 6.45) is 2.90. The van der Waals surface area contributed by atoms with E-state index in [9.17, 15) is 10.1 Å². The molecule has 37 heavy (non-hydrogen) atoms. The van der Waals surface area contributed by atoms with Gasteiger partial charge in [-0.25, -0.2) is 19.0 Å². The maximum atomic E-state index is 15.3. The number of nitrogens with two attached hydrogens (primary N) is 1. The number of fused-ring (bicyclic) bond motifs is 1. The van der Waals surface area contributed by atoms with Crippen molar-refractivity contribution in [3.63, 3.8) is 0 Å². The van der Waals surface area contributed by atoms with Crippen molar-refractivity contribution in [2.24, 2.45) is 5.92 Å². The summed E-state index contributed by atoms with van der Waals surface area (Å²) in [5.74, 6) is 0.0861. The summed E-state index contributed by atoms with van der Waals surface area (Å²) in [7, 11) is 0. The first-order valence-corrected chi connectivity index (χ1v) is 11.7. The van der Waals surface area contributed by atoms with Crippen molar-refractivity contribution < 1.29 is 13.9 Å². The molecule has 0 aliphatic rings. The first-order valence-electron chi connectivity index (χ1n) is 11.7. The van der Waals surface area contributed by atoms with E-state index < -0.39 is 17.8 Å². The third-order valence-electron chi connectivity index (χ3n) is 5.42. The zero-order chi connectivity index (χ0) is 26.5. The Morgan fingerprint density at radius 2 is 1.95 bits per heavy atom. The van der Waals surface area contributed by atoms with E-state index in [0.717, 1.165) is 0 Å². The van der Waals surface area contributed by atoms with E-state index in [2.05, 4.69) is 20.4 Å². The summed E-state index contributed by atoms with van der Waals surface area (Å²) in [4.78, 5) is 20.9. The zero-order valence-electron chi connectivity index (χ0n) is 20.6. The number of nitriles is 1. The number of nitrogens with one attached hydrogen (secondary N) is 1. The first-order chi connectivity index (χ1) is 17.8. The molecule has 0 bridgehead atoms. The molecule has 0 saturated carbocycles. The van der Waals surface area contributed by atoms with Gasteiger partial charge in [-0.3, -0.25) is 4.79 Å². The van der Waals surface area contributed by atoms with Crippen molar-refractivity contribution >= 4 is 22.8 Å². The number of aromatic nitrogens is 4. The largest absolute Gasteiger partial charge is 0.457 e. The molecule has 4 rings (SSSR count). The highest BCUT2D eigenvalue weighted by atomic mass is 19.1. The van der Waals surface area contributed by atoms with Gasteiger partial charge in [0.05, 0.1) is 11.9 Å². The highest BCUT2D eigenvalue weighted by molar-refractivity contribution is 5.99. The summed E-state index contributed by atoms with van der Waals surface area (Å²) in [5.41, 5.74) is 7.05. The molecule has 0 radical (unpaired) electrons. The molecule has 1 amide bonds. The standard InChI is InChI=1S/C27H26FN7O2/c1-16(2)11-18(13-29)27(36)33-17(3)14-35-26-23(25(30)31-15-32-26)24(34-35)21-10-9-20(12-22(21)28)37-19-7-5-4-6-8-19/h4-12,15-17H,14H2,1-3H3,(H,33,36)(H2,30,31,32). The second-order valence-corrected chi connectivity index (χ2v) is 8.86. The number of ether oxygens (including phenoxy) is 1. The molecule has 0 spiro atoms. The number of allylic oxidation sites excluding steroid dienone is 1. The lowest BCUT2D eigenvalue weighted by atomic mass is 10.1. The van der Waals surface area contributed by atoms with Crippen LogP contribution < -0.4 is 15.8 Å². The van der Waals surface area contributed by atoms with Gasteiger partial charge in [-0.2, -0.15) is 10.4 Å². The lowest BCUT2D eigenvalue weighted by Gasteiger charge is -2.14. The molecular weight excluding hydrogens is 473 g/mol. The summed E-state index contributed by atoms with van der Waals surface area (Å²) < 4.78 is 22.5. The summed E-state index contributed by atoms with van der Waals surface area (Å²) in [6, 6.07) is 15.1. The van der Waals surface area contributed by atoms with Crippen LogP contribution in [0.3, 0.4) is 0 Å². The van der Waals surface area contributed by atoms with Crippen LogP contribution in [0.25, 0.3) is 22.3 Å². The molecule has 0 aliphatic carbocycles.